The lowest BCUT2D eigenvalue weighted by Crippen LogP contribution is -2.30. The first-order valence-corrected chi connectivity index (χ1v) is 26.5. The van der Waals surface area contributed by atoms with Gasteiger partial charge in [-0.05, 0) is 98.0 Å². The summed E-state index contributed by atoms with van der Waals surface area (Å²) in [7, 11) is 4.13. The number of benzene rings is 6. The molecule has 0 amide bonds. The molecule has 4 aromatic heterocycles. The molecular weight excluding hydrogens is 1020 g/mol. The maximum absolute atomic E-state index is 13.5. The number of likely N-dealkylation sites (N-methyl/N-ethyl adjacent to an activating group) is 2. The van der Waals surface area contributed by atoms with Gasteiger partial charge in [0.05, 0.1) is 61.7 Å². The Bertz CT molecular complexity index is 3440. The maximum atomic E-state index is 13.5. The summed E-state index contributed by atoms with van der Waals surface area (Å²) in [6.07, 6.45) is 3.89. The summed E-state index contributed by atoms with van der Waals surface area (Å²) in [6.45, 7) is 6.94. The molecule has 0 aliphatic carbocycles. The van der Waals surface area contributed by atoms with Gasteiger partial charge >= 0.3 is 0 Å². The van der Waals surface area contributed by atoms with Gasteiger partial charge in [0.1, 0.15) is 49.1 Å². The van der Waals surface area contributed by atoms with Crippen LogP contribution in [0.4, 0.5) is 0 Å². The monoisotopic (exact) mass is 1080 g/mol. The van der Waals surface area contributed by atoms with Gasteiger partial charge in [-0.1, -0.05) is 95.4 Å². The van der Waals surface area contributed by atoms with Gasteiger partial charge in [0, 0.05) is 49.7 Å². The lowest BCUT2D eigenvalue weighted by Gasteiger charge is -2.20. The SMILES string of the molecule is CN(CCN(C)Cc1cn(CCOCCOc2ccc(-c3oc4ccccc4c(=O)c3OCc3ccccc3)cc2)nn1)Cc1cn(CCOCCOc2ccc(-c3oc4ccccc4c(=O)c3OCc3ccccc3)cc2)nn1. The zero-order valence-electron chi connectivity index (χ0n) is 44.7. The first-order chi connectivity index (χ1) is 39.3. The summed E-state index contributed by atoms with van der Waals surface area (Å²) in [5.41, 5.74) is 5.57. The van der Waals surface area contributed by atoms with Gasteiger partial charge in [-0.15, -0.1) is 10.2 Å². The third-order valence-corrected chi connectivity index (χ3v) is 13.0. The van der Waals surface area contributed by atoms with Crippen LogP contribution in [0.15, 0.2) is 189 Å². The largest absolute Gasteiger partial charge is 0.491 e. The lowest BCUT2D eigenvalue weighted by atomic mass is 10.1. The van der Waals surface area contributed by atoms with Gasteiger partial charge in [0.2, 0.25) is 22.4 Å². The molecule has 18 nitrogen and oxygen atoms in total. The number of aromatic nitrogens is 6. The highest BCUT2D eigenvalue weighted by molar-refractivity contribution is 5.83. The second-order valence-electron chi connectivity index (χ2n) is 19.1. The second kappa shape index (κ2) is 27.1. The molecule has 0 aliphatic rings. The number of para-hydroxylation sites is 2. The smallest absolute Gasteiger partial charge is 0.235 e. The summed E-state index contributed by atoms with van der Waals surface area (Å²) in [5, 5.41) is 18.3. The first kappa shape index (κ1) is 54.4. The van der Waals surface area contributed by atoms with E-state index in [9.17, 15) is 9.59 Å². The van der Waals surface area contributed by atoms with Crippen molar-refractivity contribution < 1.29 is 37.3 Å². The molecule has 10 aromatic rings. The molecule has 0 fully saturated rings. The van der Waals surface area contributed by atoms with Crippen LogP contribution in [0.2, 0.25) is 0 Å². The highest BCUT2D eigenvalue weighted by Crippen LogP contribution is 2.34. The van der Waals surface area contributed by atoms with E-state index in [4.69, 9.17) is 37.3 Å². The van der Waals surface area contributed by atoms with Crippen molar-refractivity contribution in [3.63, 3.8) is 0 Å². The molecule has 4 heterocycles. The molecule has 0 N–H and O–H groups in total. The Kier molecular flexibility index (Phi) is 18.4. The fourth-order valence-corrected chi connectivity index (χ4v) is 8.81. The van der Waals surface area contributed by atoms with Crippen molar-refractivity contribution in [1.82, 2.24) is 39.8 Å². The third-order valence-electron chi connectivity index (χ3n) is 13.0. The summed E-state index contributed by atoms with van der Waals surface area (Å²) in [6, 6.07) is 48.5. The highest BCUT2D eigenvalue weighted by atomic mass is 16.5. The van der Waals surface area contributed by atoms with Crippen molar-refractivity contribution >= 4 is 21.9 Å². The molecule has 18 heteroatoms. The van der Waals surface area contributed by atoms with Gasteiger partial charge in [-0.2, -0.15) is 0 Å². The Morgan fingerprint density at radius 2 is 0.850 bits per heavy atom. The number of hydrogen-bond acceptors (Lipinski definition) is 16. The first-order valence-electron chi connectivity index (χ1n) is 26.5. The van der Waals surface area contributed by atoms with E-state index in [0.29, 0.717) is 122 Å². The molecule has 0 spiro atoms. The van der Waals surface area contributed by atoms with Crippen molar-refractivity contribution in [3.05, 3.63) is 213 Å². The van der Waals surface area contributed by atoms with Crippen LogP contribution in [-0.4, -0.2) is 107 Å². The van der Waals surface area contributed by atoms with E-state index in [1.807, 2.05) is 146 Å². The molecule has 0 unspecified atom stereocenters. The van der Waals surface area contributed by atoms with E-state index in [-0.39, 0.29) is 35.6 Å². The quantitative estimate of drug-likeness (QED) is 0.0404. The number of hydrogen-bond donors (Lipinski definition) is 0. The van der Waals surface area contributed by atoms with Gasteiger partial charge < -0.3 is 37.3 Å². The van der Waals surface area contributed by atoms with Gasteiger partial charge in [0.25, 0.3) is 0 Å². The van der Waals surface area contributed by atoms with Crippen molar-refractivity contribution in [1.29, 1.82) is 0 Å². The molecule has 0 atom stereocenters. The summed E-state index contributed by atoms with van der Waals surface area (Å²) in [4.78, 5) is 31.5. The van der Waals surface area contributed by atoms with Crippen molar-refractivity contribution in [3.8, 4) is 45.6 Å². The zero-order chi connectivity index (χ0) is 54.9. The summed E-state index contributed by atoms with van der Waals surface area (Å²) in [5.74, 6) is 2.39. The molecule has 0 bridgehead atoms. The van der Waals surface area contributed by atoms with Gasteiger partial charge in [0.15, 0.2) is 11.5 Å². The van der Waals surface area contributed by atoms with Crippen LogP contribution in [0.25, 0.3) is 44.6 Å². The van der Waals surface area contributed by atoms with Gasteiger partial charge in [-0.3, -0.25) is 19.4 Å². The minimum atomic E-state index is -0.221. The van der Waals surface area contributed by atoms with Crippen LogP contribution in [-0.2, 0) is 48.9 Å². The minimum absolute atomic E-state index is 0.168. The molecule has 410 valence electrons. The molecular formula is C62H62N8O10. The van der Waals surface area contributed by atoms with Crippen LogP contribution in [0.3, 0.4) is 0 Å². The minimum Gasteiger partial charge on any atom is -0.491 e. The fourth-order valence-electron chi connectivity index (χ4n) is 8.81. The Hall–Kier alpha value is -8.94. The van der Waals surface area contributed by atoms with E-state index in [1.165, 1.54) is 0 Å². The summed E-state index contributed by atoms with van der Waals surface area (Å²) >= 11 is 0. The average molecular weight is 1080 g/mol. The van der Waals surface area contributed by atoms with E-state index in [0.717, 1.165) is 35.6 Å². The fraction of sp³-hybridized carbons (Fsp3) is 0.258. The summed E-state index contributed by atoms with van der Waals surface area (Å²) < 4.78 is 51.8. The zero-order valence-corrected chi connectivity index (χ0v) is 44.7. The number of fused-ring (bicyclic) bond motifs is 2. The Balaban J connectivity index is 0.585. The number of ether oxygens (including phenoxy) is 6. The standard InChI is InChI=1S/C62H62N8O10/c1-67(39-49-41-69(65-63-49)31-33-73-35-37-75-51-25-21-47(22-26-51)59-61(77-43-45-13-5-3-6-14-45)57(71)53-17-9-11-19-55(53)79-59)29-30-68(2)40-50-42-70(66-64-50)32-34-74-36-38-76-52-27-23-48(24-28-52)60-62(78-44-46-15-7-4-8-16-46)58(72)54-18-10-12-20-56(54)80-60/h3-28,41-42H,29-40,43-44H2,1-2H3. The highest BCUT2D eigenvalue weighted by Gasteiger charge is 2.20. The molecule has 0 saturated carbocycles. The van der Waals surface area contributed by atoms with Crippen LogP contribution in [0.5, 0.6) is 23.0 Å². The predicted molar refractivity (Wildman–Crippen MR) is 303 cm³/mol. The van der Waals surface area contributed by atoms with E-state index < -0.39 is 0 Å². The van der Waals surface area contributed by atoms with E-state index in [2.05, 4.69) is 44.5 Å². The van der Waals surface area contributed by atoms with E-state index >= 15 is 0 Å². The lowest BCUT2D eigenvalue weighted by molar-refractivity contribution is 0.0923. The molecule has 10 rings (SSSR count). The van der Waals surface area contributed by atoms with Gasteiger partial charge in [-0.25, -0.2) is 9.36 Å². The molecule has 0 aliphatic heterocycles. The van der Waals surface area contributed by atoms with Crippen LogP contribution >= 0.6 is 0 Å². The van der Waals surface area contributed by atoms with Crippen molar-refractivity contribution in [2.24, 2.45) is 0 Å². The number of rotatable bonds is 29. The van der Waals surface area contributed by atoms with Crippen LogP contribution < -0.4 is 29.8 Å². The van der Waals surface area contributed by atoms with Crippen LogP contribution in [0, 0.1) is 0 Å². The normalized spacial score (nSPS) is 11.5. The third kappa shape index (κ3) is 14.6. The van der Waals surface area contributed by atoms with Crippen LogP contribution in [0.1, 0.15) is 22.5 Å². The van der Waals surface area contributed by atoms with Crippen molar-refractivity contribution in [2.45, 2.75) is 39.4 Å². The Morgan fingerprint density at radius 1 is 0.450 bits per heavy atom. The average Bonchev–Trinajstić information content (AvgIpc) is 4.30. The number of nitrogens with zero attached hydrogens (tertiary/aromatic N) is 8. The molecule has 6 aromatic carbocycles. The molecule has 80 heavy (non-hydrogen) atoms. The predicted octanol–water partition coefficient (Wildman–Crippen LogP) is 9.33. The Labute approximate surface area is 462 Å². The Morgan fingerprint density at radius 3 is 1.27 bits per heavy atom. The maximum Gasteiger partial charge on any atom is 0.235 e. The second-order valence-corrected chi connectivity index (χ2v) is 19.1. The topological polar surface area (TPSA) is 184 Å². The van der Waals surface area contributed by atoms with Crippen molar-refractivity contribution in [2.75, 3.05) is 66.8 Å². The molecule has 0 saturated heterocycles. The molecule has 0 radical (unpaired) electrons. The van der Waals surface area contributed by atoms with E-state index in [1.54, 1.807) is 33.6 Å².